The molecule has 0 bridgehead atoms. The average Bonchev–Trinajstić information content (AvgIpc) is 2.54. The lowest BCUT2D eigenvalue weighted by Crippen LogP contribution is -2.29. The van der Waals surface area contributed by atoms with Gasteiger partial charge in [-0.25, -0.2) is 10.3 Å². The summed E-state index contributed by atoms with van der Waals surface area (Å²) < 4.78 is 0. The van der Waals surface area contributed by atoms with Crippen molar-refractivity contribution < 1.29 is 24.7 Å². The number of hydroxylamine groups is 1. The Bertz CT molecular complexity index is 772. The summed E-state index contributed by atoms with van der Waals surface area (Å²) in [4.78, 5) is 34.6. The molecule has 2 amide bonds. The molecule has 7 heteroatoms. The molecule has 0 radical (unpaired) electrons. The zero-order valence-corrected chi connectivity index (χ0v) is 12.2. The van der Waals surface area contributed by atoms with Crippen molar-refractivity contribution in [1.82, 2.24) is 5.48 Å². The van der Waals surface area contributed by atoms with Crippen molar-refractivity contribution in [2.45, 2.75) is 18.8 Å². The number of carboxylic acid groups (broad SMARTS) is 1. The van der Waals surface area contributed by atoms with Crippen LogP contribution in [0.5, 0.6) is 0 Å². The molecule has 0 saturated heterocycles. The fourth-order valence-electron chi connectivity index (χ4n) is 2.63. The minimum absolute atomic E-state index is 0.00395. The first kappa shape index (κ1) is 16.4. The number of carbonyl (C=O) groups is 3. The lowest BCUT2D eigenvalue weighted by Gasteiger charge is -2.19. The van der Waals surface area contributed by atoms with E-state index in [0.29, 0.717) is 5.39 Å². The van der Waals surface area contributed by atoms with Crippen LogP contribution in [0.2, 0.25) is 0 Å². The van der Waals surface area contributed by atoms with Crippen LogP contribution in [-0.2, 0) is 9.59 Å². The van der Waals surface area contributed by atoms with Gasteiger partial charge in [0.1, 0.15) is 0 Å². The molecule has 23 heavy (non-hydrogen) atoms. The van der Waals surface area contributed by atoms with Crippen LogP contribution in [0, 0.1) is 0 Å². The average molecular weight is 316 g/mol. The zero-order valence-electron chi connectivity index (χ0n) is 12.2. The molecular formula is C16H16N2O5. The van der Waals surface area contributed by atoms with Crippen LogP contribution < -0.4 is 11.2 Å². The van der Waals surface area contributed by atoms with Crippen molar-refractivity contribution in [3.8, 4) is 0 Å². The maximum absolute atomic E-state index is 12.0. The Morgan fingerprint density at radius 3 is 2.43 bits per heavy atom. The Kier molecular flexibility index (Phi) is 4.92. The zero-order chi connectivity index (χ0) is 17.0. The van der Waals surface area contributed by atoms with Gasteiger partial charge < -0.3 is 10.8 Å². The molecule has 0 heterocycles. The third-order valence-corrected chi connectivity index (χ3v) is 3.66. The van der Waals surface area contributed by atoms with Gasteiger partial charge >= 0.3 is 5.97 Å². The first-order chi connectivity index (χ1) is 11.0. The predicted octanol–water partition coefficient (Wildman–Crippen LogP) is 1.39. The minimum Gasteiger partial charge on any atom is -0.478 e. The minimum atomic E-state index is -1.19. The van der Waals surface area contributed by atoms with E-state index in [2.05, 4.69) is 0 Å². The van der Waals surface area contributed by atoms with Gasteiger partial charge in [0.2, 0.25) is 5.91 Å². The van der Waals surface area contributed by atoms with Crippen molar-refractivity contribution in [2.24, 2.45) is 5.73 Å². The summed E-state index contributed by atoms with van der Waals surface area (Å²) in [5.74, 6) is -3.60. The number of benzene rings is 2. The van der Waals surface area contributed by atoms with Gasteiger partial charge in [-0.2, -0.15) is 0 Å². The maximum Gasteiger partial charge on any atom is 0.336 e. The number of carboxylic acids is 1. The molecule has 0 fully saturated rings. The van der Waals surface area contributed by atoms with Crippen LogP contribution in [-0.4, -0.2) is 28.1 Å². The molecule has 1 atom stereocenters. The summed E-state index contributed by atoms with van der Waals surface area (Å²) in [7, 11) is 0. The van der Waals surface area contributed by atoms with E-state index in [-0.39, 0.29) is 24.0 Å². The SMILES string of the molecule is NC(=O)CCC(C(=O)NO)c1c(C(=O)O)ccc2ccccc12. The molecule has 0 aliphatic carbocycles. The van der Waals surface area contributed by atoms with Gasteiger partial charge in [0.05, 0.1) is 11.5 Å². The highest BCUT2D eigenvalue weighted by atomic mass is 16.5. The van der Waals surface area contributed by atoms with Crippen LogP contribution in [0.25, 0.3) is 10.8 Å². The van der Waals surface area contributed by atoms with Crippen molar-refractivity contribution in [2.75, 3.05) is 0 Å². The molecular weight excluding hydrogens is 300 g/mol. The van der Waals surface area contributed by atoms with E-state index in [4.69, 9.17) is 10.9 Å². The molecule has 2 aromatic carbocycles. The van der Waals surface area contributed by atoms with Crippen molar-refractivity contribution >= 4 is 28.6 Å². The Balaban J connectivity index is 2.68. The van der Waals surface area contributed by atoms with Gasteiger partial charge in [0.15, 0.2) is 0 Å². The summed E-state index contributed by atoms with van der Waals surface area (Å²) in [6, 6.07) is 10.0. The van der Waals surface area contributed by atoms with E-state index in [0.717, 1.165) is 5.39 Å². The van der Waals surface area contributed by atoms with Crippen LogP contribution in [0.1, 0.15) is 34.7 Å². The second kappa shape index (κ2) is 6.89. The molecule has 2 rings (SSSR count). The van der Waals surface area contributed by atoms with Gasteiger partial charge in [-0.1, -0.05) is 30.3 Å². The molecule has 0 aliphatic heterocycles. The number of fused-ring (bicyclic) bond motifs is 1. The Hall–Kier alpha value is -2.93. The fraction of sp³-hybridized carbons (Fsp3) is 0.188. The standard InChI is InChI=1S/C16H16N2O5/c17-13(19)8-7-11(15(20)18-23)14-10-4-2-1-3-9(10)5-6-12(14)16(21)22/h1-6,11,23H,7-8H2,(H2,17,19)(H,18,20)(H,21,22). The summed E-state index contributed by atoms with van der Waals surface area (Å²) >= 11 is 0. The Labute approximate surface area is 131 Å². The number of hydrogen-bond donors (Lipinski definition) is 4. The lowest BCUT2D eigenvalue weighted by molar-refractivity contribution is -0.131. The van der Waals surface area contributed by atoms with Gasteiger partial charge in [0.25, 0.3) is 5.91 Å². The monoisotopic (exact) mass is 316 g/mol. The summed E-state index contributed by atoms with van der Waals surface area (Å²) in [6.07, 6.45) is -0.115. The Morgan fingerprint density at radius 2 is 1.83 bits per heavy atom. The molecule has 0 aliphatic rings. The topological polar surface area (TPSA) is 130 Å². The third-order valence-electron chi connectivity index (χ3n) is 3.66. The normalized spacial score (nSPS) is 11.9. The predicted molar refractivity (Wildman–Crippen MR) is 82.0 cm³/mol. The van der Waals surface area contributed by atoms with Crippen LogP contribution in [0.15, 0.2) is 36.4 Å². The highest BCUT2D eigenvalue weighted by Crippen LogP contribution is 2.32. The molecule has 0 spiro atoms. The molecule has 120 valence electrons. The van der Waals surface area contributed by atoms with Crippen LogP contribution in [0.3, 0.4) is 0 Å². The van der Waals surface area contributed by atoms with Crippen molar-refractivity contribution in [3.63, 3.8) is 0 Å². The summed E-state index contributed by atoms with van der Waals surface area (Å²) in [5.41, 5.74) is 6.85. The first-order valence-electron chi connectivity index (χ1n) is 6.93. The summed E-state index contributed by atoms with van der Waals surface area (Å²) in [5, 5.41) is 19.7. The molecule has 7 nitrogen and oxygen atoms in total. The van der Waals surface area contributed by atoms with E-state index in [1.165, 1.54) is 11.5 Å². The summed E-state index contributed by atoms with van der Waals surface area (Å²) in [6.45, 7) is 0. The number of carbonyl (C=O) groups excluding carboxylic acids is 2. The maximum atomic E-state index is 12.0. The molecule has 5 N–H and O–H groups in total. The van der Waals surface area contributed by atoms with Crippen LogP contribution in [0.4, 0.5) is 0 Å². The van der Waals surface area contributed by atoms with E-state index < -0.39 is 23.7 Å². The second-order valence-electron chi connectivity index (χ2n) is 5.09. The van der Waals surface area contributed by atoms with Gasteiger partial charge in [-0.3, -0.25) is 14.8 Å². The number of nitrogens with one attached hydrogen (secondary N) is 1. The largest absolute Gasteiger partial charge is 0.478 e. The molecule has 0 saturated carbocycles. The smallest absolute Gasteiger partial charge is 0.336 e. The lowest BCUT2D eigenvalue weighted by atomic mass is 9.85. The molecule has 1 unspecified atom stereocenters. The van der Waals surface area contributed by atoms with Crippen LogP contribution >= 0.6 is 0 Å². The van der Waals surface area contributed by atoms with Crippen molar-refractivity contribution in [1.29, 1.82) is 0 Å². The highest BCUT2D eigenvalue weighted by Gasteiger charge is 2.27. The van der Waals surface area contributed by atoms with Gasteiger partial charge in [-0.05, 0) is 28.8 Å². The highest BCUT2D eigenvalue weighted by molar-refractivity contribution is 6.01. The number of hydrogen-bond acceptors (Lipinski definition) is 4. The quantitative estimate of drug-likeness (QED) is 0.472. The number of rotatable bonds is 6. The van der Waals surface area contributed by atoms with Crippen molar-refractivity contribution in [3.05, 3.63) is 47.5 Å². The number of primary amides is 1. The van der Waals surface area contributed by atoms with E-state index >= 15 is 0 Å². The second-order valence-corrected chi connectivity index (χ2v) is 5.09. The van der Waals surface area contributed by atoms with Gasteiger partial charge in [-0.15, -0.1) is 0 Å². The number of amides is 2. The van der Waals surface area contributed by atoms with Gasteiger partial charge in [0, 0.05) is 6.42 Å². The third kappa shape index (κ3) is 3.46. The van der Waals surface area contributed by atoms with E-state index in [1.54, 1.807) is 30.3 Å². The Morgan fingerprint density at radius 1 is 1.13 bits per heavy atom. The first-order valence-corrected chi connectivity index (χ1v) is 6.93. The molecule has 2 aromatic rings. The number of nitrogens with two attached hydrogens (primary N) is 1. The number of aromatic carboxylic acids is 1. The molecule has 0 aromatic heterocycles. The van der Waals surface area contributed by atoms with E-state index in [9.17, 15) is 19.5 Å². The van der Waals surface area contributed by atoms with E-state index in [1.807, 2.05) is 0 Å². The fourth-order valence-corrected chi connectivity index (χ4v) is 2.63.